The number of ether oxygens (including phenoxy) is 2. The third-order valence-electron chi connectivity index (χ3n) is 4.98. The second-order valence-corrected chi connectivity index (χ2v) is 6.83. The SMILES string of the molecule is CCc1onc(C)c1C1CCCN1Cc1ccc(OCC(N)=O)c(OC)c1. The maximum Gasteiger partial charge on any atom is 0.255 e. The molecule has 27 heavy (non-hydrogen) atoms. The molecule has 1 aromatic heterocycles. The summed E-state index contributed by atoms with van der Waals surface area (Å²) in [6.07, 6.45) is 3.10. The Morgan fingerprint density at radius 1 is 1.41 bits per heavy atom. The van der Waals surface area contributed by atoms with Crippen LogP contribution in [0.3, 0.4) is 0 Å². The predicted molar refractivity (Wildman–Crippen MR) is 101 cm³/mol. The summed E-state index contributed by atoms with van der Waals surface area (Å²) >= 11 is 0. The molecular weight excluding hydrogens is 346 g/mol. The van der Waals surface area contributed by atoms with E-state index in [-0.39, 0.29) is 6.61 Å². The highest BCUT2D eigenvalue weighted by Gasteiger charge is 2.31. The Morgan fingerprint density at radius 2 is 2.22 bits per heavy atom. The van der Waals surface area contributed by atoms with Crippen LogP contribution in [-0.2, 0) is 17.8 Å². The molecule has 1 aromatic carbocycles. The molecular formula is C20H27N3O4. The zero-order chi connectivity index (χ0) is 19.4. The van der Waals surface area contributed by atoms with Gasteiger partial charge in [-0.2, -0.15) is 0 Å². The third kappa shape index (κ3) is 4.24. The lowest BCUT2D eigenvalue weighted by atomic mass is 10.0. The smallest absolute Gasteiger partial charge is 0.255 e. The van der Waals surface area contributed by atoms with Crippen molar-refractivity contribution in [1.29, 1.82) is 0 Å². The van der Waals surface area contributed by atoms with Crippen molar-refractivity contribution in [1.82, 2.24) is 10.1 Å². The van der Waals surface area contributed by atoms with E-state index in [0.717, 1.165) is 49.4 Å². The van der Waals surface area contributed by atoms with Crippen LogP contribution < -0.4 is 15.2 Å². The highest BCUT2D eigenvalue weighted by molar-refractivity contribution is 5.75. The first kappa shape index (κ1) is 19.2. The van der Waals surface area contributed by atoms with Crippen LogP contribution in [0, 0.1) is 6.92 Å². The molecule has 1 unspecified atom stereocenters. The van der Waals surface area contributed by atoms with Gasteiger partial charge < -0.3 is 19.7 Å². The number of nitrogens with zero attached hydrogens (tertiary/aromatic N) is 2. The molecule has 1 atom stereocenters. The van der Waals surface area contributed by atoms with Crippen molar-refractivity contribution in [2.45, 2.75) is 45.7 Å². The monoisotopic (exact) mass is 373 g/mol. The topological polar surface area (TPSA) is 90.8 Å². The molecule has 1 aliphatic rings. The van der Waals surface area contributed by atoms with E-state index in [4.69, 9.17) is 19.7 Å². The van der Waals surface area contributed by atoms with Crippen molar-refractivity contribution in [2.75, 3.05) is 20.3 Å². The number of hydrogen-bond donors (Lipinski definition) is 1. The second kappa shape index (κ2) is 8.43. The molecule has 7 nitrogen and oxygen atoms in total. The van der Waals surface area contributed by atoms with Gasteiger partial charge in [0.1, 0.15) is 5.76 Å². The molecule has 1 aliphatic heterocycles. The number of methoxy groups -OCH3 is 1. The standard InChI is InChI=1S/C20H27N3O4/c1-4-16-20(13(2)22-27-16)15-6-5-9-23(15)11-14-7-8-17(18(10-14)25-3)26-12-19(21)24/h7-8,10,15H,4-6,9,11-12H2,1-3H3,(H2,21,24). The maximum absolute atomic E-state index is 10.9. The first-order valence-electron chi connectivity index (χ1n) is 9.30. The van der Waals surface area contributed by atoms with Gasteiger partial charge >= 0.3 is 0 Å². The average molecular weight is 373 g/mol. The van der Waals surface area contributed by atoms with Gasteiger partial charge in [0.15, 0.2) is 18.1 Å². The summed E-state index contributed by atoms with van der Waals surface area (Å²) < 4.78 is 16.3. The minimum atomic E-state index is -0.517. The van der Waals surface area contributed by atoms with Gasteiger partial charge in [-0.25, -0.2) is 0 Å². The van der Waals surface area contributed by atoms with Gasteiger partial charge in [-0.15, -0.1) is 0 Å². The van der Waals surface area contributed by atoms with Crippen molar-refractivity contribution >= 4 is 5.91 Å². The molecule has 7 heteroatoms. The third-order valence-corrected chi connectivity index (χ3v) is 4.98. The molecule has 3 rings (SSSR count). The summed E-state index contributed by atoms with van der Waals surface area (Å²) in [7, 11) is 1.59. The van der Waals surface area contributed by atoms with E-state index in [1.165, 1.54) is 5.56 Å². The minimum absolute atomic E-state index is 0.170. The molecule has 0 bridgehead atoms. The molecule has 1 saturated heterocycles. The van der Waals surface area contributed by atoms with Crippen LogP contribution in [0.4, 0.5) is 0 Å². The van der Waals surface area contributed by atoms with Gasteiger partial charge in [0.2, 0.25) is 0 Å². The number of nitrogens with two attached hydrogens (primary N) is 1. The van der Waals surface area contributed by atoms with Gasteiger partial charge in [0.05, 0.1) is 12.8 Å². The molecule has 146 valence electrons. The Hall–Kier alpha value is -2.54. The Kier molecular flexibility index (Phi) is 6.01. The molecule has 2 N–H and O–H groups in total. The summed E-state index contributed by atoms with van der Waals surface area (Å²) in [6.45, 7) is 5.77. The Balaban J connectivity index is 1.77. The number of likely N-dealkylation sites (tertiary alicyclic amines) is 1. The van der Waals surface area contributed by atoms with Crippen LogP contribution in [0.25, 0.3) is 0 Å². The molecule has 1 amide bonds. The van der Waals surface area contributed by atoms with Gasteiger partial charge in [0, 0.05) is 24.6 Å². The fourth-order valence-corrected chi connectivity index (χ4v) is 3.76. The molecule has 0 spiro atoms. The first-order chi connectivity index (χ1) is 13.0. The molecule has 0 radical (unpaired) electrons. The second-order valence-electron chi connectivity index (χ2n) is 6.83. The maximum atomic E-state index is 10.9. The van der Waals surface area contributed by atoms with E-state index in [1.54, 1.807) is 7.11 Å². The zero-order valence-corrected chi connectivity index (χ0v) is 16.2. The number of hydrogen-bond acceptors (Lipinski definition) is 6. The number of rotatable bonds is 8. The molecule has 1 fully saturated rings. The molecule has 2 heterocycles. The Bertz CT molecular complexity index is 803. The summed E-state index contributed by atoms with van der Waals surface area (Å²) in [4.78, 5) is 13.4. The Morgan fingerprint density at radius 3 is 2.93 bits per heavy atom. The van der Waals surface area contributed by atoms with Crippen LogP contribution in [0.5, 0.6) is 11.5 Å². The number of carbonyl (C=O) groups excluding carboxylic acids is 1. The van der Waals surface area contributed by atoms with Gasteiger partial charge in [-0.3, -0.25) is 9.69 Å². The van der Waals surface area contributed by atoms with Crippen molar-refractivity contribution in [3.63, 3.8) is 0 Å². The molecule has 2 aromatic rings. The van der Waals surface area contributed by atoms with Gasteiger partial charge in [0.25, 0.3) is 5.91 Å². The number of carbonyl (C=O) groups is 1. The van der Waals surface area contributed by atoms with E-state index in [1.807, 2.05) is 25.1 Å². The largest absolute Gasteiger partial charge is 0.493 e. The van der Waals surface area contributed by atoms with Crippen molar-refractivity contribution in [2.24, 2.45) is 5.73 Å². The van der Waals surface area contributed by atoms with Crippen LogP contribution in [0.15, 0.2) is 22.7 Å². The molecule has 0 aliphatic carbocycles. The zero-order valence-electron chi connectivity index (χ0n) is 16.2. The first-order valence-corrected chi connectivity index (χ1v) is 9.30. The van der Waals surface area contributed by atoms with Crippen LogP contribution in [-0.4, -0.2) is 36.2 Å². The Labute approximate surface area is 159 Å². The van der Waals surface area contributed by atoms with E-state index < -0.39 is 5.91 Å². The van der Waals surface area contributed by atoms with Crippen molar-refractivity contribution in [3.8, 4) is 11.5 Å². The lowest BCUT2D eigenvalue weighted by Gasteiger charge is -2.25. The minimum Gasteiger partial charge on any atom is -0.493 e. The van der Waals surface area contributed by atoms with Crippen LogP contribution in [0.1, 0.15) is 48.4 Å². The van der Waals surface area contributed by atoms with Gasteiger partial charge in [-0.1, -0.05) is 18.1 Å². The summed E-state index contributed by atoms with van der Waals surface area (Å²) in [5, 5.41) is 4.17. The van der Waals surface area contributed by atoms with Crippen LogP contribution >= 0.6 is 0 Å². The fourth-order valence-electron chi connectivity index (χ4n) is 3.76. The lowest BCUT2D eigenvalue weighted by Crippen LogP contribution is -2.24. The van der Waals surface area contributed by atoms with Crippen molar-refractivity contribution < 1.29 is 18.8 Å². The number of amides is 1. The predicted octanol–water partition coefficient (Wildman–Crippen LogP) is 2.76. The van der Waals surface area contributed by atoms with Crippen molar-refractivity contribution in [3.05, 3.63) is 40.8 Å². The summed E-state index contributed by atoms with van der Waals surface area (Å²) in [6, 6.07) is 6.09. The fraction of sp³-hybridized carbons (Fsp3) is 0.500. The highest BCUT2D eigenvalue weighted by Crippen LogP contribution is 2.37. The van der Waals surface area contributed by atoms with E-state index in [9.17, 15) is 4.79 Å². The van der Waals surface area contributed by atoms with E-state index >= 15 is 0 Å². The quantitative estimate of drug-likeness (QED) is 0.765. The number of primary amides is 1. The summed E-state index contributed by atoms with van der Waals surface area (Å²) in [5.74, 6) is 1.58. The number of aromatic nitrogens is 1. The lowest BCUT2D eigenvalue weighted by molar-refractivity contribution is -0.119. The normalized spacial score (nSPS) is 17.2. The van der Waals surface area contributed by atoms with E-state index in [0.29, 0.717) is 17.5 Å². The highest BCUT2D eigenvalue weighted by atomic mass is 16.5. The van der Waals surface area contributed by atoms with E-state index in [2.05, 4.69) is 17.0 Å². The number of benzene rings is 1. The van der Waals surface area contributed by atoms with Gasteiger partial charge in [-0.05, 0) is 44.0 Å². The summed E-state index contributed by atoms with van der Waals surface area (Å²) in [5.41, 5.74) is 8.49. The number of aryl methyl sites for hydroxylation is 2. The van der Waals surface area contributed by atoms with Crippen LogP contribution in [0.2, 0.25) is 0 Å². The molecule has 0 saturated carbocycles. The average Bonchev–Trinajstić information content (AvgIpc) is 3.25.